The van der Waals surface area contributed by atoms with Crippen LogP contribution >= 0.6 is 22.9 Å². The van der Waals surface area contributed by atoms with Gasteiger partial charge in [-0.3, -0.25) is 0 Å². The molecule has 0 unspecified atom stereocenters. The van der Waals surface area contributed by atoms with E-state index in [9.17, 15) is 14.3 Å². The summed E-state index contributed by atoms with van der Waals surface area (Å²) in [5.74, 6) is -0.628. The SMILES string of the molecule is O=C([O-])COCc1nc(NCc2ccc(F)cc2Cl)c2c3c(sc2n1)CCCC3. The normalized spacial score (nSPS) is 13.4. The van der Waals surface area contributed by atoms with E-state index in [2.05, 4.69) is 15.3 Å². The second kappa shape index (κ2) is 8.61. The maximum absolute atomic E-state index is 13.3. The lowest BCUT2D eigenvalue weighted by Crippen LogP contribution is -2.27. The van der Waals surface area contributed by atoms with Gasteiger partial charge < -0.3 is 20.0 Å². The minimum atomic E-state index is -1.29. The van der Waals surface area contributed by atoms with Crippen molar-refractivity contribution in [2.45, 2.75) is 38.8 Å². The fraction of sp³-hybridized carbons (Fsp3) is 0.350. The zero-order valence-corrected chi connectivity index (χ0v) is 17.0. The molecule has 0 saturated heterocycles. The largest absolute Gasteiger partial charge is 0.548 e. The minimum Gasteiger partial charge on any atom is -0.548 e. The molecule has 3 aromatic rings. The number of nitrogens with zero attached hydrogens (tertiary/aromatic N) is 2. The molecule has 29 heavy (non-hydrogen) atoms. The lowest BCUT2D eigenvalue weighted by Gasteiger charge is -2.14. The molecule has 1 aliphatic carbocycles. The number of halogens is 2. The molecule has 0 amide bonds. The van der Waals surface area contributed by atoms with Gasteiger partial charge in [-0.15, -0.1) is 11.3 Å². The first-order chi connectivity index (χ1) is 14.0. The summed E-state index contributed by atoms with van der Waals surface area (Å²) in [6.07, 6.45) is 4.28. The van der Waals surface area contributed by atoms with Gasteiger partial charge in [-0.1, -0.05) is 17.7 Å². The number of benzene rings is 1. The summed E-state index contributed by atoms with van der Waals surface area (Å²) in [4.78, 5) is 21.9. The number of carboxylic acid groups (broad SMARTS) is 1. The molecule has 152 valence electrons. The number of hydrogen-bond acceptors (Lipinski definition) is 7. The number of rotatable bonds is 7. The molecule has 1 aromatic carbocycles. The molecule has 0 spiro atoms. The van der Waals surface area contributed by atoms with E-state index >= 15 is 0 Å². The van der Waals surface area contributed by atoms with Crippen LogP contribution in [0.15, 0.2) is 18.2 Å². The summed E-state index contributed by atoms with van der Waals surface area (Å²) in [6.45, 7) is -0.177. The van der Waals surface area contributed by atoms with Crippen molar-refractivity contribution in [3.05, 3.63) is 50.9 Å². The summed E-state index contributed by atoms with van der Waals surface area (Å²) in [5.41, 5.74) is 2.02. The number of anilines is 1. The van der Waals surface area contributed by atoms with Gasteiger partial charge in [-0.2, -0.15) is 0 Å². The number of aliphatic carboxylic acids is 1. The highest BCUT2D eigenvalue weighted by Crippen LogP contribution is 2.39. The molecular weight excluding hydrogens is 417 g/mol. The number of hydrogen-bond donors (Lipinski definition) is 1. The molecule has 2 heterocycles. The van der Waals surface area contributed by atoms with Gasteiger partial charge in [-0.25, -0.2) is 14.4 Å². The van der Waals surface area contributed by atoms with Crippen LogP contribution in [-0.2, 0) is 35.5 Å². The van der Waals surface area contributed by atoms with Gasteiger partial charge >= 0.3 is 0 Å². The van der Waals surface area contributed by atoms with Crippen molar-refractivity contribution in [1.82, 2.24) is 9.97 Å². The van der Waals surface area contributed by atoms with Gasteiger partial charge in [0.2, 0.25) is 0 Å². The van der Waals surface area contributed by atoms with Crippen molar-refractivity contribution < 1.29 is 19.0 Å². The number of fused-ring (bicyclic) bond motifs is 3. The Kier molecular flexibility index (Phi) is 5.94. The third kappa shape index (κ3) is 4.49. The molecule has 6 nitrogen and oxygen atoms in total. The Morgan fingerprint density at radius 2 is 2.14 bits per heavy atom. The van der Waals surface area contributed by atoms with Crippen LogP contribution in [0.4, 0.5) is 10.2 Å². The van der Waals surface area contributed by atoms with E-state index in [4.69, 9.17) is 16.3 Å². The molecule has 0 atom stereocenters. The van der Waals surface area contributed by atoms with E-state index < -0.39 is 12.6 Å². The Hall–Kier alpha value is -2.29. The number of carboxylic acids is 1. The molecule has 2 aromatic heterocycles. The standard InChI is InChI=1S/C20H19ClFN3O3S/c21-14-7-12(22)6-5-11(14)8-23-19-18-13-3-1-2-4-15(13)29-20(18)25-16(24-19)9-28-10-17(26)27/h5-7H,1-4,8-10H2,(H,26,27)(H,23,24,25)/p-1. The van der Waals surface area contributed by atoms with Crippen LogP contribution in [0.3, 0.4) is 0 Å². The molecule has 0 saturated carbocycles. The van der Waals surface area contributed by atoms with Gasteiger partial charge in [0, 0.05) is 16.4 Å². The minimum absolute atomic E-state index is 0.0293. The third-order valence-corrected chi connectivity index (χ3v) is 6.31. The monoisotopic (exact) mass is 434 g/mol. The van der Waals surface area contributed by atoms with Gasteiger partial charge in [-0.05, 0) is 48.9 Å². The topological polar surface area (TPSA) is 87.2 Å². The predicted molar refractivity (Wildman–Crippen MR) is 107 cm³/mol. The Morgan fingerprint density at radius 1 is 1.31 bits per heavy atom. The average Bonchev–Trinajstić information content (AvgIpc) is 3.05. The van der Waals surface area contributed by atoms with Gasteiger partial charge in [0.15, 0.2) is 5.82 Å². The van der Waals surface area contributed by atoms with Crippen LogP contribution in [0.2, 0.25) is 5.02 Å². The first kappa shape index (κ1) is 20.0. The smallest absolute Gasteiger partial charge is 0.158 e. The number of carbonyl (C=O) groups excluding carboxylic acids is 1. The van der Waals surface area contributed by atoms with Gasteiger partial charge in [0.1, 0.15) is 23.1 Å². The zero-order chi connectivity index (χ0) is 20.4. The van der Waals surface area contributed by atoms with Gasteiger partial charge in [0.25, 0.3) is 0 Å². The Bertz CT molecular complexity index is 1070. The lowest BCUT2D eigenvalue weighted by atomic mass is 9.97. The van der Waals surface area contributed by atoms with Crippen LogP contribution in [-0.4, -0.2) is 22.5 Å². The fourth-order valence-electron chi connectivity index (χ4n) is 3.46. The Balaban J connectivity index is 1.66. The van der Waals surface area contributed by atoms with Crippen molar-refractivity contribution in [1.29, 1.82) is 0 Å². The third-order valence-electron chi connectivity index (χ3n) is 4.77. The molecule has 0 aliphatic heterocycles. The Labute approximate surface area is 175 Å². The van der Waals surface area contributed by atoms with Gasteiger partial charge in [0.05, 0.1) is 18.0 Å². The number of thiophene rings is 1. The van der Waals surface area contributed by atoms with E-state index in [1.54, 1.807) is 17.4 Å². The zero-order valence-electron chi connectivity index (χ0n) is 15.5. The van der Waals surface area contributed by atoms with Crippen molar-refractivity contribution >= 4 is 44.9 Å². The van der Waals surface area contributed by atoms with E-state index in [1.807, 2.05) is 0 Å². The second-order valence-corrected chi connectivity index (χ2v) is 8.32. The summed E-state index contributed by atoms with van der Waals surface area (Å²) < 4.78 is 18.4. The molecule has 4 rings (SSSR count). The first-order valence-corrected chi connectivity index (χ1v) is 10.5. The molecule has 0 radical (unpaired) electrons. The van der Waals surface area contributed by atoms with Crippen molar-refractivity contribution in [3.8, 4) is 0 Å². The average molecular weight is 435 g/mol. The number of aromatic nitrogens is 2. The maximum Gasteiger partial charge on any atom is 0.158 e. The van der Waals surface area contributed by atoms with E-state index in [0.29, 0.717) is 23.2 Å². The van der Waals surface area contributed by atoms with Crippen LogP contribution in [0.25, 0.3) is 10.2 Å². The molecule has 1 N–H and O–H groups in total. The number of aryl methyl sites for hydroxylation is 2. The summed E-state index contributed by atoms with van der Waals surface area (Å²) >= 11 is 7.79. The van der Waals surface area contributed by atoms with Crippen LogP contribution in [0.1, 0.15) is 34.7 Å². The highest BCUT2D eigenvalue weighted by molar-refractivity contribution is 7.19. The van der Waals surface area contributed by atoms with Crippen molar-refractivity contribution in [3.63, 3.8) is 0 Å². The predicted octanol–water partition coefficient (Wildman–Crippen LogP) is 3.24. The Morgan fingerprint density at radius 3 is 2.93 bits per heavy atom. The van der Waals surface area contributed by atoms with Crippen LogP contribution in [0, 0.1) is 5.82 Å². The van der Waals surface area contributed by atoms with Crippen molar-refractivity contribution in [2.24, 2.45) is 0 Å². The van der Waals surface area contributed by atoms with E-state index in [0.717, 1.165) is 41.5 Å². The second-order valence-electron chi connectivity index (χ2n) is 6.83. The summed E-state index contributed by atoms with van der Waals surface area (Å²) in [5, 5.41) is 15.2. The van der Waals surface area contributed by atoms with Crippen LogP contribution in [0.5, 0.6) is 0 Å². The first-order valence-electron chi connectivity index (χ1n) is 9.28. The number of nitrogens with one attached hydrogen (secondary N) is 1. The summed E-state index contributed by atoms with van der Waals surface area (Å²) in [6, 6.07) is 4.28. The van der Waals surface area contributed by atoms with E-state index in [-0.39, 0.29) is 12.4 Å². The molecule has 0 fully saturated rings. The van der Waals surface area contributed by atoms with Crippen LogP contribution < -0.4 is 10.4 Å². The number of carbonyl (C=O) groups is 1. The number of ether oxygens (including phenoxy) is 1. The highest BCUT2D eigenvalue weighted by Gasteiger charge is 2.21. The molecule has 0 bridgehead atoms. The molecular formula is C20H18ClFN3O3S-. The maximum atomic E-state index is 13.3. The van der Waals surface area contributed by atoms with Crippen molar-refractivity contribution in [2.75, 3.05) is 11.9 Å². The molecule has 9 heteroatoms. The summed E-state index contributed by atoms with van der Waals surface area (Å²) in [7, 11) is 0. The highest BCUT2D eigenvalue weighted by atomic mass is 35.5. The lowest BCUT2D eigenvalue weighted by molar-refractivity contribution is -0.309. The quantitative estimate of drug-likeness (QED) is 0.614. The van der Waals surface area contributed by atoms with E-state index in [1.165, 1.54) is 22.6 Å². The fourth-order valence-corrected chi connectivity index (χ4v) is 4.98. The molecule has 1 aliphatic rings.